The first-order valence-electron chi connectivity index (χ1n) is 4.48. The Bertz CT molecular complexity index is 373. The average molecular weight is 269 g/mol. The largest absolute Gasteiger partial charge is 0.443 e. The summed E-state index contributed by atoms with van der Waals surface area (Å²) in [4.78, 5) is 14.7. The summed E-state index contributed by atoms with van der Waals surface area (Å²) in [6, 6.07) is 0. The van der Waals surface area contributed by atoms with Crippen molar-refractivity contribution in [1.29, 1.82) is 0 Å². The van der Waals surface area contributed by atoms with Crippen molar-refractivity contribution in [2.75, 3.05) is 5.75 Å². The highest BCUT2D eigenvalue weighted by atomic mass is 32.2. The van der Waals surface area contributed by atoms with Crippen LogP contribution in [0.15, 0.2) is 6.20 Å². The molecular formula is C9H10F3NOS2. The van der Waals surface area contributed by atoms with Gasteiger partial charge in [-0.15, -0.1) is 11.3 Å². The van der Waals surface area contributed by atoms with E-state index in [1.165, 1.54) is 11.8 Å². The first-order chi connectivity index (χ1) is 7.30. The van der Waals surface area contributed by atoms with Gasteiger partial charge >= 0.3 is 6.18 Å². The minimum absolute atomic E-state index is 0.0699. The third-order valence-electron chi connectivity index (χ3n) is 1.57. The summed E-state index contributed by atoms with van der Waals surface area (Å²) in [5.74, 6) is -0.108. The molecule has 1 rings (SSSR count). The van der Waals surface area contributed by atoms with Crippen LogP contribution in [0, 0.1) is 0 Å². The molecule has 0 saturated carbocycles. The van der Waals surface area contributed by atoms with E-state index in [1.807, 2.05) is 13.8 Å². The molecule has 0 aliphatic carbocycles. The molecule has 0 N–H and O–H groups in total. The Labute approximate surface area is 99.3 Å². The second-order valence-electron chi connectivity index (χ2n) is 3.31. The van der Waals surface area contributed by atoms with Crippen LogP contribution in [0.4, 0.5) is 13.2 Å². The second kappa shape index (κ2) is 5.18. The van der Waals surface area contributed by atoms with Gasteiger partial charge in [0.1, 0.15) is 0 Å². The fraction of sp³-hybridized carbons (Fsp3) is 0.556. The molecule has 0 unspecified atom stereocenters. The lowest BCUT2D eigenvalue weighted by Gasteiger charge is -2.01. The van der Waals surface area contributed by atoms with Crippen LogP contribution in [0.2, 0.25) is 0 Å². The molecule has 7 heteroatoms. The van der Waals surface area contributed by atoms with Gasteiger partial charge in [-0.1, -0.05) is 13.8 Å². The number of alkyl halides is 3. The van der Waals surface area contributed by atoms with E-state index in [4.69, 9.17) is 0 Å². The van der Waals surface area contributed by atoms with Crippen molar-refractivity contribution in [1.82, 2.24) is 4.98 Å². The van der Waals surface area contributed by atoms with Crippen LogP contribution in [0.5, 0.6) is 0 Å². The monoisotopic (exact) mass is 269 g/mol. The van der Waals surface area contributed by atoms with Crippen LogP contribution >= 0.6 is 23.1 Å². The quantitative estimate of drug-likeness (QED) is 0.784. The van der Waals surface area contributed by atoms with Crippen LogP contribution < -0.4 is 0 Å². The molecule has 0 spiro atoms. The molecule has 0 saturated heterocycles. The highest BCUT2D eigenvalue weighted by Crippen LogP contribution is 2.32. The molecular weight excluding hydrogens is 259 g/mol. The van der Waals surface area contributed by atoms with Crippen molar-refractivity contribution in [3.63, 3.8) is 0 Å². The number of carbonyl (C=O) groups excluding carboxylic acids is 1. The number of rotatable bonds is 4. The van der Waals surface area contributed by atoms with Crippen molar-refractivity contribution >= 4 is 28.9 Å². The summed E-state index contributed by atoms with van der Waals surface area (Å²) in [5, 5.41) is -0.690. The molecule has 16 heavy (non-hydrogen) atoms. The van der Waals surface area contributed by atoms with Gasteiger partial charge in [-0.05, 0) is 5.25 Å². The Balaban J connectivity index is 2.67. The highest BCUT2D eigenvalue weighted by Gasteiger charge is 2.35. The van der Waals surface area contributed by atoms with Gasteiger partial charge in [-0.2, -0.15) is 24.9 Å². The van der Waals surface area contributed by atoms with Gasteiger partial charge in [0.25, 0.3) is 0 Å². The maximum absolute atomic E-state index is 12.2. The molecule has 0 aliphatic heterocycles. The zero-order chi connectivity index (χ0) is 12.3. The topological polar surface area (TPSA) is 30.0 Å². The Hall–Kier alpha value is -0.560. The number of nitrogens with zero attached hydrogens (tertiary/aromatic N) is 1. The SMILES string of the molecule is CC(C)SCC(=O)c1cnc(C(F)(F)F)s1. The lowest BCUT2D eigenvalue weighted by Crippen LogP contribution is -2.03. The minimum Gasteiger partial charge on any atom is -0.292 e. The number of carbonyl (C=O) groups is 1. The molecule has 2 nitrogen and oxygen atoms in total. The van der Waals surface area contributed by atoms with Crippen LogP contribution in [0.3, 0.4) is 0 Å². The highest BCUT2D eigenvalue weighted by molar-refractivity contribution is 8.00. The molecule has 0 amide bonds. The predicted octanol–water partition coefficient (Wildman–Crippen LogP) is 3.49. The molecule has 0 fully saturated rings. The molecule has 1 aromatic heterocycles. The zero-order valence-electron chi connectivity index (χ0n) is 8.67. The average Bonchev–Trinajstić information content (AvgIpc) is 2.61. The summed E-state index contributed by atoms with van der Waals surface area (Å²) in [6.07, 6.45) is -3.47. The van der Waals surface area contributed by atoms with E-state index in [0.717, 1.165) is 6.20 Å². The van der Waals surface area contributed by atoms with E-state index in [1.54, 1.807) is 0 Å². The van der Waals surface area contributed by atoms with Crippen molar-refractivity contribution in [2.45, 2.75) is 25.3 Å². The Kier molecular flexibility index (Phi) is 4.37. The van der Waals surface area contributed by atoms with Crippen LogP contribution in [0.25, 0.3) is 0 Å². The summed E-state index contributed by atoms with van der Waals surface area (Å²) in [7, 11) is 0. The number of thioether (sulfide) groups is 1. The molecule has 1 aromatic rings. The second-order valence-corrected chi connectivity index (χ2v) is 5.91. The van der Waals surface area contributed by atoms with Gasteiger partial charge in [0.2, 0.25) is 0 Å². The smallest absolute Gasteiger partial charge is 0.292 e. The standard InChI is InChI=1S/C9H10F3NOS2/c1-5(2)15-4-6(14)7-3-13-8(16-7)9(10,11)12/h3,5H,4H2,1-2H3. The lowest BCUT2D eigenvalue weighted by molar-refractivity contribution is -0.137. The van der Waals surface area contributed by atoms with Crippen LogP contribution in [-0.4, -0.2) is 21.8 Å². The van der Waals surface area contributed by atoms with Crippen LogP contribution in [0.1, 0.15) is 28.5 Å². The maximum atomic E-state index is 12.2. The molecule has 0 bridgehead atoms. The molecule has 1 heterocycles. The number of hydrogen-bond donors (Lipinski definition) is 0. The zero-order valence-corrected chi connectivity index (χ0v) is 10.3. The maximum Gasteiger partial charge on any atom is 0.443 e. The fourth-order valence-corrected chi connectivity index (χ4v) is 2.30. The van der Waals surface area contributed by atoms with E-state index in [-0.39, 0.29) is 21.7 Å². The van der Waals surface area contributed by atoms with Gasteiger partial charge in [-0.25, -0.2) is 4.98 Å². The number of thiazole rings is 1. The number of hydrogen-bond acceptors (Lipinski definition) is 4. The third-order valence-corrected chi connectivity index (χ3v) is 3.75. The molecule has 0 atom stereocenters. The minimum atomic E-state index is -4.46. The molecule has 0 radical (unpaired) electrons. The lowest BCUT2D eigenvalue weighted by atomic mass is 10.4. The van der Waals surface area contributed by atoms with E-state index >= 15 is 0 Å². The normalized spacial score (nSPS) is 12.1. The first kappa shape index (κ1) is 13.5. The molecule has 90 valence electrons. The predicted molar refractivity (Wildman–Crippen MR) is 59.0 cm³/mol. The fourth-order valence-electron chi connectivity index (χ4n) is 0.848. The van der Waals surface area contributed by atoms with E-state index in [9.17, 15) is 18.0 Å². The number of Topliss-reactive ketones (excluding diaryl/α,β-unsaturated/α-hetero) is 1. The summed E-state index contributed by atoms with van der Waals surface area (Å²) in [5.41, 5.74) is 0. The summed E-state index contributed by atoms with van der Waals surface area (Å²) in [6.45, 7) is 3.84. The molecule has 0 aromatic carbocycles. The Morgan fingerprint density at radius 2 is 2.19 bits per heavy atom. The van der Waals surface area contributed by atoms with Gasteiger partial charge in [0, 0.05) is 6.20 Å². The third kappa shape index (κ3) is 3.79. The van der Waals surface area contributed by atoms with E-state index < -0.39 is 11.2 Å². The van der Waals surface area contributed by atoms with Crippen molar-refractivity contribution in [3.05, 3.63) is 16.1 Å². The van der Waals surface area contributed by atoms with Gasteiger partial charge in [-0.3, -0.25) is 4.79 Å². The summed E-state index contributed by atoms with van der Waals surface area (Å²) < 4.78 is 36.6. The Morgan fingerprint density at radius 3 is 2.62 bits per heavy atom. The Morgan fingerprint density at radius 1 is 1.56 bits per heavy atom. The first-order valence-corrected chi connectivity index (χ1v) is 6.35. The van der Waals surface area contributed by atoms with Crippen LogP contribution in [-0.2, 0) is 6.18 Å². The van der Waals surface area contributed by atoms with E-state index in [2.05, 4.69) is 4.98 Å². The van der Waals surface area contributed by atoms with E-state index in [0.29, 0.717) is 11.3 Å². The van der Waals surface area contributed by atoms with Gasteiger partial charge in [0.05, 0.1) is 10.6 Å². The summed E-state index contributed by atoms with van der Waals surface area (Å²) >= 11 is 1.80. The molecule has 0 aliphatic rings. The van der Waals surface area contributed by atoms with Crippen molar-refractivity contribution < 1.29 is 18.0 Å². The van der Waals surface area contributed by atoms with Gasteiger partial charge in [0.15, 0.2) is 10.8 Å². The number of aromatic nitrogens is 1. The number of ketones is 1. The van der Waals surface area contributed by atoms with Crippen molar-refractivity contribution in [2.24, 2.45) is 0 Å². The van der Waals surface area contributed by atoms with Crippen molar-refractivity contribution in [3.8, 4) is 0 Å². The number of halogens is 3. The van der Waals surface area contributed by atoms with Gasteiger partial charge < -0.3 is 0 Å².